The van der Waals surface area contributed by atoms with E-state index in [2.05, 4.69) is 10.4 Å². The second kappa shape index (κ2) is 8.75. The Morgan fingerprint density at radius 2 is 2.12 bits per heavy atom. The van der Waals surface area contributed by atoms with Crippen molar-refractivity contribution in [2.75, 3.05) is 16.2 Å². The number of carbonyl (C=O) groups excluding carboxylic acids is 1. The Hall–Kier alpha value is -2.99. The normalized spacial score (nSPS) is 18.8. The summed E-state index contributed by atoms with van der Waals surface area (Å²) in [5.41, 5.74) is 5.91. The van der Waals surface area contributed by atoms with Gasteiger partial charge < -0.3 is 15.6 Å². The van der Waals surface area contributed by atoms with Crippen LogP contribution in [0.5, 0.6) is 5.75 Å². The van der Waals surface area contributed by atoms with E-state index in [1.54, 1.807) is 6.92 Å². The van der Waals surface area contributed by atoms with Crippen molar-refractivity contribution in [1.82, 2.24) is 9.78 Å². The average molecular weight is 498 g/mol. The number of anilines is 2. The lowest BCUT2D eigenvalue weighted by atomic mass is 9.95. The van der Waals surface area contributed by atoms with Crippen molar-refractivity contribution in [3.63, 3.8) is 0 Å². The van der Waals surface area contributed by atoms with Gasteiger partial charge in [0, 0.05) is 24.3 Å². The molecule has 33 heavy (non-hydrogen) atoms. The third-order valence-electron chi connectivity index (χ3n) is 5.79. The first-order valence-corrected chi connectivity index (χ1v) is 12.3. The van der Waals surface area contributed by atoms with Crippen LogP contribution in [0.1, 0.15) is 26.2 Å². The average Bonchev–Trinajstić information content (AvgIpc) is 3.51. The van der Waals surface area contributed by atoms with Gasteiger partial charge in [-0.25, -0.2) is 13.2 Å². The Labute approximate surface area is 195 Å². The topological polar surface area (TPSA) is 157 Å². The lowest BCUT2D eigenvalue weighted by molar-refractivity contribution is -0.123. The zero-order chi connectivity index (χ0) is 23.9. The van der Waals surface area contributed by atoms with E-state index in [0.717, 1.165) is 17.1 Å². The van der Waals surface area contributed by atoms with Gasteiger partial charge in [-0.2, -0.15) is 5.10 Å². The van der Waals surface area contributed by atoms with Crippen LogP contribution in [0, 0.1) is 11.8 Å². The van der Waals surface area contributed by atoms with Gasteiger partial charge in [-0.15, -0.1) is 0 Å². The molecule has 2 aliphatic rings. The lowest BCUT2D eigenvalue weighted by Crippen LogP contribution is -2.45. The quantitative estimate of drug-likeness (QED) is 0.505. The standard InChI is InChI=1S/C20H24ClN5O6S/c1-2-25-10-17(18(21)24-25)33(30,31)26-9-13(8-14(19(22)27)11-3-4-11)32-16-6-5-12(7-15(16)26)23-20(28)29/h5-7,10-11,13-14,23H,2-4,8-9H2,1H3,(H2,22,27)(H,28,29)/t13-,14+/m0/s1. The molecule has 2 aromatic rings. The van der Waals surface area contributed by atoms with Crippen molar-refractivity contribution in [2.24, 2.45) is 17.6 Å². The summed E-state index contributed by atoms with van der Waals surface area (Å²) in [4.78, 5) is 22.9. The van der Waals surface area contributed by atoms with Gasteiger partial charge in [-0.3, -0.25) is 19.1 Å². The Kier molecular flexibility index (Phi) is 6.14. The molecule has 2 heterocycles. The van der Waals surface area contributed by atoms with Gasteiger partial charge in [0.15, 0.2) is 5.15 Å². The number of aryl methyl sites for hydroxylation is 1. The van der Waals surface area contributed by atoms with E-state index in [0.29, 0.717) is 6.54 Å². The molecular formula is C20H24ClN5O6S. The maximum absolute atomic E-state index is 13.6. The van der Waals surface area contributed by atoms with E-state index >= 15 is 0 Å². The van der Waals surface area contributed by atoms with Crippen molar-refractivity contribution in [3.05, 3.63) is 29.5 Å². The van der Waals surface area contributed by atoms with Gasteiger partial charge in [0.25, 0.3) is 10.0 Å². The van der Waals surface area contributed by atoms with Gasteiger partial charge in [0.1, 0.15) is 16.7 Å². The number of sulfonamides is 1. The summed E-state index contributed by atoms with van der Waals surface area (Å²) in [7, 11) is -4.19. The molecule has 4 N–H and O–H groups in total. The number of carbonyl (C=O) groups is 2. The van der Waals surface area contributed by atoms with Crippen molar-refractivity contribution >= 4 is 45.0 Å². The van der Waals surface area contributed by atoms with E-state index in [-0.39, 0.29) is 46.1 Å². The molecule has 178 valence electrons. The predicted octanol–water partition coefficient (Wildman–Crippen LogP) is 2.50. The lowest BCUT2D eigenvalue weighted by Gasteiger charge is -2.36. The highest BCUT2D eigenvalue weighted by Gasteiger charge is 2.41. The number of aromatic nitrogens is 2. The fraction of sp³-hybridized carbons (Fsp3) is 0.450. The molecular weight excluding hydrogens is 474 g/mol. The first-order valence-electron chi connectivity index (χ1n) is 10.5. The molecule has 4 rings (SSSR count). The number of rotatable bonds is 8. The fourth-order valence-corrected chi connectivity index (χ4v) is 5.97. The fourth-order valence-electron chi connectivity index (χ4n) is 4.02. The molecule has 2 amide bonds. The summed E-state index contributed by atoms with van der Waals surface area (Å²) in [6, 6.07) is 4.33. The highest BCUT2D eigenvalue weighted by Crippen LogP contribution is 2.43. The zero-order valence-electron chi connectivity index (χ0n) is 17.8. The summed E-state index contributed by atoms with van der Waals surface area (Å²) < 4.78 is 35.9. The van der Waals surface area contributed by atoms with Crippen molar-refractivity contribution < 1.29 is 27.9 Å². The van der Waals surface area contributed by atoms with E-state index < -0.39 is 34.0 Å². The molecule has 1 aromatic heterocycles. The Morgan fingerprint density at radius 3 is 2.70 bits per heavy atom. The van der Waals surface area contributed by atoms with Crippen LogP contribution in [0.15, 0.2) is 29.3 Å². The number of fused-ring (bicyclic) bond motifs is 1. The Bertz CT molecular complexity index is 1200. The molecule has 0 unspecified atom stereocenters. The molecule has 11 nitrogen and oxygen atoms in total. The van der Waals surface area contributed by atoms with Crippen LogP contribution in [0.2, 0.25) is 5.15 Å². The van der Waals surface area contributed by atoms with Crippen LogP contribution in [0.3, 0.4) is 0 Å². The monoisotopic (exact) mass is 497 g/mol. The summed E-state index contributed by atoms with van der Waals surface area (Å²) >= 11 is 6.15. The first kappa shape index (κ1) is 23.2. The third-order valence-corrected chi connectivity index (χ3v) is 7.97. The number of primary amides is 1. The number of nitrogens with one attached hydrogen (secondary N) is 1. The third kappa shape index (κ3) is 4.71. The SMILES string of the molecule is CCn1cc(S(=O)(=O)N2C[C@H](C[C@@H](C(N)=O)C3CC3)Oc3ccc(NC(=O)O)cc32)c(Cl)n1. The second-order valence-corrected chi connectivity index (χ2v) is 10.3. The highest BCUT2D eigenvalue weighted by atomic mass is 35.5. The predicted molar refractivity (Wildman–Crippen MR) is 120 cm³/mol. The van der Waals surface area contributed by atoms with E-state index in [9.17, 15) is 18.0 Å². The molecule has 1 aliphatic carbocycles. The summed E-state index contributed by atoms with van der Waals surface area (Å²) in [6.45, 7) is 2.12. The van der Waals surface area contributed by atoms with E-state index in [4.69, 9.17) is 27.2 Å². The van der Waals surface area contributed by atoms with E-state index in [1.165, 1.54) is 29.1 Å². The maximum atomic E-state index is 13.6. The number of hydrogen-bond donors (Lipinski definition) is 3. The number of halogens is 1. The molecule has 0 bridgehead atoms. The van der Waals surface area contributed by atoms with Gasteiger partial charge in [-0.1, -0.05) is 11.6 Å². The number of ether oxygens (including phenoxy) is 1. The number of carboxylic acid groups (broad SMARTS) is 1. The zero-order valence-corrected chi connectivity index (χ0v) is 19.3. The van der Waals surface area contributed by atoms with Crippen molar-refractivity contribution in [2.45, 2.75) is 43.7 Å². The highest BCUT2D eigenvalue weighted by molar-refractivity contribution is 7.93. The molecule has 1 aromatic carbocycles. The molecule has 1 aliphatic heterocycles. The number of hydrogen-bond acceptors (Lipinski definition) is 6. The minimum Gasteiger partial charge on any atom is -0.486 e. The minimum absolute atomic E-state index is 0.101. The van der Waals surface area contributed by atoms with Crippen LogP contribution < -0.4 is 20.1 Å². The van der Waals surface area contributed by atoms with Crippen molar-refractivity contribution in [3.8, 4) is 5.75 Å². The summed E-state index contributed by atoms with van der Waals surface area (Å²) in [5, 5.41) is 15.1. The second-order valence-electron chi connectivity index (χ2n) is 8.11. The molecule has 0 radical (unpaired) electrons. The Balaban J connectivity index is 1.74. The van der Waals surface area contributed by atoms with Crippen LogP contribution in [-0.2, 0) is 21.4 Å². The van der Waals surface area contributed by atoms with Crippen LogP contribution in [-0.4, -0.2) is 48.0 Å². The van der Waals surface area contributed by atoms with Gasteiger partial charge in [0.2, 0.25) is 5.91 Å². The number of nitrogens with zero attached hydrogens (tertiary/aromatic N) is 3. The summed E-state index contributed by atoms with van der Waals surface area (Å²) in [6.07, 6.45) is 1.48. The maximum Gasteiger partial charge on any atom is 0.409 e. The molecule has 2 atom stereocenters. The smallest absolute Gasteiger partial charge is 0.409 e. The molecule has 1 fully saturated rings. The minimum atomic E-state index is -4.19. The van der Waals surface area contributed by atoms with Crippen LogP contribution in [0.25, 0.3) is 0 Å². The van der Waals surface area contributed by atoms with Gasteiger partial charge >= 0.3 is 6.09 Å². The number of amides is 2. The number of benzene rings is 1. The van der Waals surface area contributed by atoms with E-state index in [1.807, 2.05) is 0 Å². The molecule has 13 heteroatoms. The Morgan fingerprint density at radius 1 is 1.39 bits per heavy atom. The first-order chi connectivity index (χ1) is 15.6. The molecule has 1 saturated carbocycles. The molecule has 0 saturated heterocycles. The summed E-state index contributed by atoms with van der Waals surface area (Å²) in [5.74, 6) is -0.434. The molecule has 0 spiro atoms. The van der Waals surface area contributed by atoms with Crippen LogP contribution in [0.4, 0.5) is 16.2 Å². The van der Waals surface area contributed by atoms with Crippen LogP contribution >= 0.6 is 11.6 Å². The number of nitrogens with two attached hydrogens (primary N) is 1. The largest absolute Gasteiger partial charge is 0.486 e. The van der Waals surface area contributed by atoms with Gasteiger partial charge in [0.05, 0.1) is 12.2 Å². The van der Waals surface area contributed by atoms with Gasteiger partial charge in [-0.05, 0) is 50.3 Å². The van der Waals surface area contributed by atoms with Crippen molar-refractivity contribution in [1.29, 1.82) is 0 Å².